The molecule has 1 saturated heterocycles. The second kappa shape index (κ2) is 3.95. The molecule has 0 radical (unpaired) electrons. The van der Waals surface area contributed by atoms with Crippen LogP contribution in [0.1, 0.15) is 19.3 Å². The quantitative estimate of drug-likeness (QED) is 0.628. The van der Waals surface area contributed by atoms with Gasteiger partial charge in [-0.1, -0.05) is 0 Å². The van der Waals surface area contributed by atoms with Crippen molar-refractivity contribution in [2.45, 2.75) is 31.4 Å². The number of hydrogen-bond donors (Lipinski definition) is 1. The van der Waals surface area contributed by atoms with Gasteiger partial charge in [0.1, 0.15) is 0 Å². The molecule has 0 bridgehead atoms. The molecule has 3 heteroatoms. The molecule has 1 aliphatic heterocycles. The third kappa shape index (κ3) is 2.03. The zero-order valence-electron chi connectivity index (χ0n) is 8.45. The molecule has 2 aliphatic rings. The van der Waals surface area contributed by atoms with Crippen molar-refractivity contribution in [3.63, 3.8) is 0 Å². The van der Waals surface area contributed by atoms with Gasteiger partial charge < -0.3 is 10.0 Å². The molecule has 1 heterocycles. The smallest absolute Gasteiger partial charge is 0.0695 e. The monoisotopic (exact) mass is 184 g/mol. The Morgan fingerprint density at radius 3 is 2.31 bits per heavy atom. The van der Waals surface area contributed by atoms with E-state index in [1.165, 1.54) is 12.8 Å². The molecule has 1 aliphatic carbocycles. The van der Waals surface area contributed by atoms with Gasteiger partial charge in [0.25, 0.3) is 0 Å². The third-order valence-electron chi connectivity index (χ3n) is 3.45. The Morgan fingerprint density at radius 1 is 1.08 bits per heavy atom. The predicted molar refractivity (Wildman–Crippen MR) is 52.7 cm³/mol. The van der Waals surface area contributed by atoms with E-state index in [1.807, 2.05) is 0 Å². The summed E-state index contributed by atoms with van der Waals surface area (Å²) in [5, 5.41) is 9.75. The molecule has 0 aromatic rings. The molecule has 2 rings (SSSR count). The molecule has 13 heavy (non-hydrogen) atoms. The van der Waals surface area contributed by atoms with Crippen LogP contribution in [0.15, 0.2) is 0 Å². The molecule has 3 nitrogen and oxygen atoms in total. The number of piperazine rings is 1. The van der Waals surface area contributed by atoms with Gasteiger partial charge in [0.05, 0.1) is 6.10 Å². The Labute approximate surface area is 80.3 Å². The summed E-state index contributed by atoms with van der Waals surface area (Å²) in [6.45, 7) is 4.59. The fourth-order valence-electron chi connectivity index (χ4n) is 2.50. The fraction of sp³-hybridized carbons (Fsp3) is 1.00. The first-order chi connectivity index (χ1) is 6.27. The zero-order chi connectivity index (χ0) is 9.26. The fourth-order valence-corrected chi connectivity index (χ4v) is 2.50. The summed E-state index contributed by atoms with van der Waals surface area (Å²) in [6.07, 6.45) is 3.36. The summed E-state index contributed by atoms with van der Waals surface area (Å²) < 4.78 is 0. The van der Waals surface area contributed by atoms with Gasteiger partial charge in [-0.05, 0) is 26.3 Å². The van der Waals surface area contributed by atoms with Gasteiger partial charge in [0.2, 0.25) is 0 Å². The molecule has 2 fully saturated rings. The lowest BCUT2D eigenvalue weighted by atomic mass is 10.1. The summed E-state index contributed by atoms with van der Waals surface area (Å²) in [4.78, 5) is 4.83. The summed E-state index contributed by atoms with van der Waals surface area (Å²) in [6, 6.07) is 0.466. The van der Waals surface area contributed by atoms with E-state index in [1.54, 1.807) is 0 Å². The van der Waals surface area contributed by atoms with E-state index in [2.05, 4.69) is 16.8 Å². The van der Waals surface area contributed by atoms with E-state index < -0.39 is 0 Å². The maximum Gasteiger partial charge on any atom is 0.0695 e. The van der Waals surface area contributed by atoms with Crippen LogP contribution in [-0.2, 0) is 0 Å². The van der Waals surface area contributed by atoms with Crippen molar-refractivity contribution >= 4 is 0 Å². The number of rotatable bonds is 1. The van der Waals surface area contributed by atoms with Crippen molar-refractivity contribution in [1.82, 2.24) is 9.80 Å². The van der Waals surface area contributed by atoms with Crippen molar-refractivity contribution in [2.75, 3.05) is 33.2 Å². The normalized spacial score (nSPS) is 38.3. The first-order valence-corrected chi connectivity index (χ1v) is 5.38. The molecule has 0 spiro atoms. The maximum absolute atomic E-state index is 9.75. The molecule has 2 atom stereocenters. The summed E-state index contributed by atoms with van der Waals surface area (Å²) in [5.41, 5.74) is 0. The van der Waals surface area contributed by atoms with Crippen LogP contribution in [0, 0.1) is 0 Å². The van der Waals surface area contributed by atoms with Crippen molar-refractivity contribution in [3.05, 3.63) is 0 Å². The van der Waals surface area contributed by atoms with Crippen LogP contribution in [0.2, 0.25) is 0 Å². The van der Waals surface area contributed by atoms with Crippen molar-refractivity contribution < 1.29 is 5.11 Å². The topological polar surface area (TPSA) is 26.7 Å². The van der Waals surface area contributed by atoms with Gasteiger partial charge in [-0.15, -0.1) is 0 Å². The van der Waals surface area contributed by atoms with Gasteiger partial charge in [0, 0.05) is 32.2 Å². The van der Waals surface area contributed by atoms with Crippen molar-refractivity contribution in [3.8, 4) is 0 Å². The van der Waals surface area contributed by atoms with E-state index in [-0.39, 0.29) is 6.10 Å². The van der Waals surface area contributed by atoms with E-state index in [0.29, 0.717) is 6.04 Å². The van der Waals surface area contributed by atoms with E-state index in [4.69, 9.17) is 0 Å². The minimum absolute atomic E-state index is 0.0524. The lowest BCUT2D eigenvalue weighted by molar-refractivity contribution is 0.0415. The summed E-state index contributed by atoms with van der Waals surface area (Å²) in [7, 11) is 2.17. The molecule has 0 unspecified atom stereocenters. The van der Waals surface area contributed by atoms with Gasteiger partial charge in [-0.25, -0.2) is 0 Å². The molecule has 76 valence electrons. The van der Waals surface area contributed by atoms with Crippen LogP contribution < -0.4 is 0 Å². The van der Waals surface area contributed by atoms with E-state index >= 15 is 0 Å². The number of hydrogen-bond acceptors (Lipinski definition) is 3. The molecule has 1 N–H and O–H groups in total. The second-order valence-electron chi connectivity index (χ2n) is 4.40. The average Bonchev–Trinajstić information content (AvgIpc) is 2.53. The number of aliphatic hydroxyl groups excluding tert-OH is 1. The van der Waals surface area contributed by atoms with Crippen LogP contribution in [-0.4, -0.2) is 60.3 Å². The van der Waals surface area contributed by atoms with Gasteiger partial charge >= 0.3 is 0 Å². The first-order valence-electron chi connectivity index (χ1n) is 5.38. The first kappa shape index (κ1) is 9.44. The highest BCUT2D eigenvalue weighted by Crippen LogP contribution is 2.24. The van der Waals surface area contributed by atoms with Crippen LogP contribution in [0.25, 0.3) is 0 Å². The third-order valence-corrected chi connectivity index (χ3v) is 3.45. The van der Waals surface area contributed by atoms with Crippen LogP contribution in [0.3, 0.4) is 0 Å². The molecular formula is C10H20N2O. The van der Waals surface area contributed by atoms with Gasteiger partial charge in [0.15, 0.2) is 0 Å². The highest BCUT2D eigenvalue weighted by atomic mass is 16.3. The number of aliphatic hydroxyl groups is 1. The Morgan fingerprint density at radius 2 is 1.77 bits per heavy atom. The van der Waals surface area contributed by atoms with Crippen molar-refractivity contribution in [1.29, 1.82) is 0 Å². The standard InChI is InChI=1S/C10H20N2O/c1-11-5-7-12(8-6-11)9-3-2-4-10(9)13/h9-10,13H,2-8H2,1H3/t9-,10+/m1/s1. The molecule has 0 aromatic carbocycles. The number of likely N-dealkylation sites (N-methyl/N-ethyl adjacent to an activating group) is 1. The molecule has 0 amide bonds. The predicted octanol–water partition coefficient (Wildman–Crippen LogP) is 0.147. The lowest BCUT2D eigenvalue weighted by Crippen LogP contribution is -2.51. The zero-order valence-corrected chi connectivity index (χ0v) is 8.45. The minimum Gasteiger partial charge on any atom is -0.391 e. The average molecular weight is 184 g/mol. The van der Waals surface area contributed by atoms with E-state index in [0.717, 1.165) is 32.6 Å². The van der Waals surface area contributed by atoms with Crippen molar-refractivity contribution in [2.24, 2.45) is 0 Å². The lowest BCUT2D eigenvalue weighted by Gasteiger charge is -2.37. The Balaban J connectivity index is 1.86. The highest BCUT2D eigenvalue weighted by Gasteiger charge is 2.31. The maximum atomic E-state index is 9.75. The Hall–Kier alpha value is -0.120. The van der Waals surface area contributed by atoms with Crippen LogP contribution in [0.4, 0.5) is 0 Å². The second-order valence-corrected chi connectivity index (χ2v) is 4.40. The molecule has 1 saturated carbocycles. The summed E-state index contributed by atoms with van der Waals surface area (Å²) >= 11 is 0. The highest BCUT2D eigenvalue weighted by molar-refractivity contribution is 4.87. The van der Waals surface area contributed by atoms with Crippen LogP contribution >= 0.6 is 0 Å². The van der Waals surface area contributed by atoms with Crippen LogP contribution in [0.5, 0.6) is 0 Å². The molecule has 0 aromatic heterocycles. The largest absolute Gasteiger partial charge is 0.391 e. The van der Waals surface area contributed by atoms with E-state index in [9.17, 15) is 5.11 Å². The SMILES string of the molecule is CN1CCN([C@@H]2CCC[C@@H]2O)CC1. The number of nitrogens with zero attached hydrogens (tertiary/aromatic N) is 2. The molecular weight excluding hydrogens is 164 g/mol. The van der Waals surface area contributed by atoms with Gasteiger partial charge in [-0.3, -0.25) is 4.90 Å². The van der Waals surface area contributed by atoms with Gasteiger partial charge in [-0.2, -0.15) is 0 Å². The summed E-state index contributed by atoms with van der Waals surface area (Å²) in [5.74, 6) is 0. The Bertz CT molecular complexity index is 166. The Kier molecular flexibility index (Phi) is 2.86. The minimum atomic E-state index is -0.0524.